The number of aliphatic hydroxyl groups excluding tert-OH is 1. The SMILES string of the molecule is CCCC(O)CNC(CC)C(=O)O. The van der Waals surface area contributed by atoms with Gasteiger partial charge in [0.2, 0.25) is 0 Å². The zero-order valence-corrected chi connectivity index (χ0v) is 8.29. The molecule has 0 spiro atoms. The first-order valence-electron chi connectivity index (χ1n) is 4.76. The van der Waals surface area contributed by atoms with Gasteiger partial charge < -0.3 is 15.5 Å². The maximum atomic E-state index is 10.6. The highest BCUT2D eigenvalue weighted by Gasteiger charge is 2.14. The first kappa shape index (κ1) is 12.4. The molecule has 13 heavy (non-hydrogen) atoms. The van der Waals surface area contributed by atoms with Crippen molar-refractivity contribution in [1.82, 2.24) is 5.32 Å². The van der Waals surface area contributed by atoms with Crippen LogP contribution in [0.1, 0.15) is 33.1 Å². The summed E-state index contributed by atoms with van der Waals surface area (Å²) >= 11 is 0. The van der Waals surface area contributed by atoms with Crippen molar-refractivity contribution in [2.45, 2.75) is 45.3 Å². The fourth-order valence-corrected chi connectivity index (χ4v) is 1.12. The van der Waals surface area contributed by atoms with E-state index >= 15 is 0 Å². The van der Waals surface area contributed by atoms with Gasteiger partial charge >= 0.3 is 5.97 Å². The quantitative estimate of drug-likeness (QED) is 0.548. The van der Waals surface area contributed by atoms with Crippen LogP contribution in [0.3, 0.4) is 0 Å². The average Bonchev–Trinajstić information content (AvgIpc) is 2.05. The number of rotatable bonds is 7. The predicted molar refractivity (Wildman–Crippen MR) is 50.6 cm³/mol. The lowest BCUT2D eigenvalue weighted by molar-refractivity contribution is -0.139. The van der Waals surface area contributed by atoms with E-state index < -0.39 is 18.1 Å². The normalized spacial score (nSPS) is 15.3. The molecule has 0 radical (unpaired) electrons. The molecule has 0 saturated heterocycles. The van der Waals surface area contributed by atoms with Crippen molar-refractivity contribution in [3.63, 3.8) is 0 Å². The Morgan fingerprint density at radius 2 is 2.08 bits per heavy atom. The lowest BCUT2D eigenvalue weighted by Crippen LogP contribution is -2.40. The zero-order valence-electron chi connectivity index (χ0n) is 8.29. The summed E-state index contributed by atoms with van der Waals surface area (Å²) in [4.78, 5) is 10.6. The molecule has 0 fully saturated rings. The van der Waals surface area contributed by atoms with Crippen molar-refractivity contribution in [1.29, 1.82) is 0 Å². The average molecular weight is 189 g/mol. The van der Waals surface area contributed by atoms with Gasteiger partial charge in [-0.05, 0) is 12.8 Å². The summed E-state index contributed by atoms with van der Waals surface area (Å²) in [5.74, 6) is -0.855. The largest absolute Gasteiger partial charge is 0.480 e. The minimum atomic E-state index is -0.855. The van der Waals surface area contributed by atoms with E-state index in [2.05, 4.69) is 5.32 Å². The van der Waals surface area contributed by atoms with E-state index in [1.165, 1.54) is 0 Å². The smallest absolute Gasteiger partial charge is 0.320 e. The number of carboxylic acids is 1. The first-order chi connectivity index (χ1) is 6.11. The number of aliphatic carboxylic acids is 1. The second kappa shape index (κ2) is 6.86. The molecule has 0 heterocycles. The van der Waals surface area contributed by atoms with Crippen LogP contribution < -0.4 is 5.32 Å². The molecule has 78 valence electrons. The molecule has 0 aliphatic carbocycles. The van der Waals surface area contributed by atoms with E-state index in [1.807, 2.05) is 6.92 Å². The summed E-state index contributed by atoms with van der Waals surface area (Å²) in [7, 11) is 0. The second-order valence-corrected chi connectivity index (χ2v) is 3.15. The Hall–Kier alpha value is -0.610. The number of nitrogens with one attached hydrogen (secondary N) is 1. The molecular weight excluding hydrogens is 170 g/mol. The Morgan fingerprint density at radius 1 is 1.46 bits per heavy atom. The molecule has 0 aliphatic rings. The number of carbonyl (C=O) groups is 1. The van der Waals surface area contributed by atoms with Gasteiger partial charge in [-0.3, -0.25) is 4.79 Å². The molecule has 0 bridgehead atoms. The fraction of sp³-hybridized carbons (Fsp3) is 0.889. The van der Waals surface area contributed by atoms with Gasteiger partial charge in [-0.15, -0.1) is 0 Å². The molecule has 0 saturated carbocycles. The number of aliphatic hydroxyl groups is 1. The lowest BCUT2D eigenvalue weighted by atomic mass is 10.2. The van der Waals surface area contributed by atoms with Crippen LogP contribution >= 0.6 is 0 Å². The molecule has 0 aromatic carbocycles. The maximum Gasteiger partial charge on any atom is 0.320 e. The third kappa shape index (κ3) is 5.60. The van der Waals surface area contributed by atoms with Crippen LogP contribution in [0.2, 0.25) is 0 Å². The predicted octanol–water partition coefficient (Wildman–Crippen LogP) is 0.600. The van der Waals surface area contributed by atoms with Crippen molar-refractivity contribution >= 4 is 5.97 Å². The molecule has 2 unspecified atom stereocenters. The summed E-state index contributed by atoms with van der Waals surface area (Å²) in [5.41, 5.74) is 0. The Morgan fingerprint density at radius 3 is 2.46 bits per heavy atom. The molecule has 4 nitrogen and oxygen atoms in total. The summed E-state index contributed by atoms with van der Waals surface area (Å²) < 4.78 is 0. The van der Waals surface area contributed by atoms with Crippen molar-refractivity contribution in [2.24, 2.45) is 0 Å². The summed E-state index contributed by atoms with van der Waals surface area (Å²) in [5, 5.41) is 20.8. The highest BCUT2D eigenvalue weighted by molar-refractivity contribution is 5.73. The molecule has 4 heteroatoms. The van der Waals surface area contributed by atoms with Gasteiger partial charge in [0.15, 0.2) is 0 Å². The zero-order chi connectivity index (χ0) is 10.3. The van der Waals surface area contributed by atoms with E-state index in [4.69, 9.17) is 5.11 Å². The highest BCUT2D eigenvalue weighted by atomic mass is 16.4. The molecule has 2 atom stereocenters. The van der Waals surface area contributed by atoms with Crippen LogP contribution in [-0.4, -0.2) is 34.9 Å². The van der Waals surface area contributed by atoms with Gasteiger partial charge in [0.1, 0.15) is 6.04 Å². The number of hydrogen-bond donors (Lipinski definition) is 3. The van der Waals surface area contributed by atoms with Gasteiger partial charge in [-0.2, -0.15) is 0 Å². The minimum Gasteiger partial charge on any atom is -0.480 e. The van der Waals surface area contributed by atoms with E-state index in [9.17, 15) is 9.90 Å². The number of hydrogen-bond acceptors (Lipinski definition) is 3. The standard InChI is InChI=1S/C9H19NO3/c1-3-5-7(11)6-10-8(4-2)9(12)13/h7-8,10-11H,3-6H2,1-2H3,(H,12,13). The van der Waals surface area contributed by atoms with Crippen molar-refractivity contribution < 1.29 is 15.0 Å². The molecular formula is C9H19NO3. The van der Waals surface area contributed by atoms with Gasteiger partial charge in [0, 0.05) is 6.54 Å². The minimum absolute atomic E-state index is 0.360. The van der Waals surface area contributed by atoms with Crippen molar-refractivity contribution in [2.75, 3.05) is 6.54 Å². The second-order valence-electron chi connectivity index (χ2n) is 3.15. The van der Waals surface area contributed by atoms with Crippen LogP contribution in [-0.2, 0) is 4.79 Å². The molecule has 0 rings (SSSR count). The van der Waals surface area contributed by atoms with E-state index in [-0.39, 0.29) is 0 Å². The third-order valence-electron chi connectivity index (χ3n) is 1.93. The van der Waals surface area contributed by atoms with Crippen LogP contribution in [0, 0.1) is 0 Å². The Kier molecular flexibility index (Phi) is 6.54. The van der Waals surface area contributed by atoms with Gasteiger partial charge in [0.25, 0.3) is 0 Å². The highest BCUT2D eigenvalue weighted by Crippen LogP contribution is 1.96. The molecule has 0 amide bonds. The Labute approximate surface area is 79.0 Å². The molecule has 3 N–H and O–H groups in total. The van der Waals surface area contributed by atoms with E-state index in [0.29, 0.717) is 19.4 Å². The Bertz CT molecular complexity index is 150. The van der Waals surface area contributed by atoms with Crippen LogP contribution in [0.25, 0.3) is 0 Å². The van der Waals surface area contributed by atoms with Crippen molar-refractivity contribution in [3.8, 4) is 0 Å². The first-order valence-corrected chi connectivity index (χ1v) is 4.76. The van der Waals surface area contributed by atoms with Crippen LogP contribution in [0.15, 0.2) is 0 Å². The number of carboxylic acid groups (broad SMARTS) is 1. The van der Waals surface area contributed by atoms with E-state index in [1.54, 1.807) is 6.92 Å². The maximum absolute atomic E-state index is 10.6. The summed E-state index contributed by atoms with van der Waals surface area (Å²) in [6, 6.07) is -0.536. The monoisotopic (exact) mass is 189 g/mol. The van der Waals surface area contributed by atoms with Crippen LogP contribution in [0.4, 0.5) is 0 Å². The van der Waals surface area contributed by atoms with Gasteiger partial charge in [-0.1, -0.05) is 20.3 Å². The van der Waals surface area contributed by atoms with E-state index in [0.717, 1.165) is 6.42 Å². The molecule has 0 aliphatic heterocycles. The fourth-order valence-electron chi connectivity index (χ4n) is 1.12. The summed E-state index contributed by atoms with van der Waals surface area (Å²) in [6.07, 6.45) is 1.72. The van der Waals surface area contributed by atoms with Gasteiger partial charge in [-0.25, -0.2) is 0 Å². The van der Waals surface area contributed by atoms with Crippen LogP contribution in [0.5, 0.6) is 0 Å². The van der Waals surface area contributed by atoms with Crippen molar-refractivity contribution in [3.05, 3.63) is 0 Å². The lowest BCUT2D eigenvalue weighted by Gasteiger charge is -2.15. The summed E-state index contributed by atoms with van der Waals surface area (Å²) in [6.45, 7) is 4.15. The Balaban J connectivity index is 3.65. The third-order valence-corrected chi connectivity index (χ3v) is 1.93. The molecule has 0 aromatic rings. The van der Waals surface area contributed by atoms with Gasteiger partial charge in [0.05, 0.1) is 6.10 Å². The topological polar surface area (TPSA) is 69.6 Å². The molecule has 0 aromatic heterocycles.